The Morgan fingerprint density at radius 3 is 2.80 bits per heavy atom. The number of hydrogen-bond donors (Lipinski definition) is 2. The van der Waals surface area contributed by atoms with Crippen molar-refractivity contribution in [2.75, 3.05) is 12.3 Å². The van der Waals surface area contributed by atoms with Crippen molar-refractivity contribution >= 4 is 17.7 Å². The van der Waals surface area contributed by atoms with E-state index in [0.717, 1.165) is 18.6 Å². The van der Waals surface area contributed by atoms with Gasteiger partial charge in [-0.05, 0) is 25.5 Å². The summed E-state index contributed by atoms with van der Waals surface area (Å²) in [5.41, 5.74) is 0. The maximum atomic E-state index is 11.9. The van der Waals surface area contributed by atoms with Crippen molar-refractivity contribution in [1.82, 2.24) is 5.32 Å². The van der Waals surface area contributed by atoms with E-state index in [-0.39, 0.29) is 12.5 Å². The number of alkyl halides is 2. The molecule has 0 aromatic heterocycles. The van der Waals surface area contributed by atoms with E-state index in [9.17, 15) is 13.6 Å². The van der Waals surface area contributed by atoms with Gasteiger partial charge >= 0.3 is 0 Å². The summed E-state index contributed by atoms with van der Waals surface area (Å²) in [6.07, 6.45) is -2.86. The van der Waals surface area contributed by atoms with Crippen LogP contribution in [0.4, 0.5) is 8.78 Å². The van der Waals surface area contributed by atoms with Crippen molar-refractivity contribution in [3.8, 4) is 0 Å². The van der Waals surface area contributed by atoms with Crippen LogP contribution in [-0.2, 0) is 4.79 Å². The third-order valence-corrected chi connectivity index (χ3v) is 3.98. The molecule has 1 aliphatic heterocycles. The van der Waals surface area contributed by atoms with Gasteiger partial charge in [0.1, 0.15) is 6.10 Å². The lowest BCUT2D eigenvalue weighted by atomic mass is 10.0. The first kappa shape index (κ1) is 12.7. The van der Waals surface area contributed by atoms with Crippen LogP contribution in [0.3, 0.4) is 0 Å². The van der Waals surface area contributed by atoms with Gasteiger partial charge in [-0.3, -0.25) is 4.79 Å². The Balaban J connectivity index is 2.35. The summed E-state index contributed by atoms with van der Waals surface area (Å²) >= 11 is 1.53. The highest BCUT2D eigenvalue weighted by atomic mass is 32.2. The van der Waals surface area contributed by atoms with Gasteiger partial charge in [0.15, 0.2) is 0 Å². The summed E-state index contributed by atoms with van der Waals surface area (Å²) in [7, 11) is 0. The summed E-state index contributed by atoms with van der Waals surface area (Å²) in [5.74, 6) is 0.658. The van der Waals surface area contributed by atoms with Gasteiger partial charge in [-0.25, -0.2) is 8.78 Å². The Hall–Kier alpha value is -0.360. The van der Waals surface area contributed by atoms with Crippen LogP contribution >= 0.6 is 11.8 Å². The van der Waals surface area contributed by atoms with Gasteiger partial charge in [0, 0.05) is 6.54 Å². The van der Waals surface area contributed by atoms with E-state index in [2.05, 4.69) is 5.32 Å². The number of thioether (sulfide) groups is 1. The van der Waals surface area contributed by atoms with E-state index in [1.807, 2.05) is 0 Å². The Morgan fingerprint density at radius 1 is 1.67 bits per heavy atom. The first-order valence-corrected chi connectivity index (χ1v) is 5.83. The predicted octanol–water partition coefficient (Wildman–Crippen LogP) is 1.01. The summed E-state index contributed by atoms with van der Waals surface area (Å²) in [4.78, 5) is 11.6. The SMILES string of the molecule is CC1(C(=O)NCC(O)C(F)F)CCCS1. The maximum Gasteiger partial charge on any atom is 0.265 e. The molecule has 0 aromatic rings. The molecule has 0 saturated carbocycles. The second-order valence-electron chi connectivity index (χ2n) is 3.79. The molecule has 0 bridgehead atoms. The number of hydrogen-bond acceptors (Lipinski definition) is 3. The third kappa shape index (κ3) is 3.31. The lowest BCUT2D eigenvalue weighted by molar-refractivity contribution is -0.124. The minimum atomic E-state index is -2.81. The average molecular weight is 239 g/mol. The molecule has 3 nitrogen and oxygen atoms in total. The highest BCUT2D eigenvalue weighted by Crippen LogP contribution is 2.37. The van der Waals surface area contributed by atoms with E-state index in [1.165, 1.54) is 11.8 Å². The van der Waals surface area contributed by atoms with E-state index in [4.69, 9.17) is 5.11 Å². The average Bonchev–Trinajstić information content (AvgIpc) is 2.62. The van der Waals surface area contributed by atoms with Gasteiger partial charge in [-0.2, -0.15) is 0 Å². The summed E-state index contributed by atoms with van der Waals surface area (Å²) in [6.45, 7) is 1.42. The molecule has 1 aliphatic rings. The fraction of sp³-hybridized carbons (Fsp3) is 0.889. The number of halogens is 2. The van der Waals surface area contributed by atoms with Gasteiger partial charge in [0.25, 0.3) is 6.43 Å². The largest absolute Gasteiger partial charge is 0.385 e. The Labute approximate surface area is 91.6 Å². The van der Waals surface area contributed by atoms with E-state index in [0.29, 0.717) is 0 Å². The van der Waals surface area contributed by atoms with Crippen LogP contribution in [-0.4, -0.2) is 40.6 Å². The molecule has 2 atom stereocenters. The maximum absolute atomic E-state index is 11.9. The van der Waals surface area contributed by atoms with Crippen LogP contribution < -0.4 is 5.32 Å². The van der Waals surface area contributed by atoms with Crippen LogP contribution in [0.25, 0.3) is 0 Å². The van der Waals surface area contributed by atoms with Gasteiger partial charge in [-0.1, -0.05) is 0 Å². The normalized spacial score (nSPS) is 28.1. The number of carbonyl (C=O) groups is 1. The molecule has 0 radical (unpaired) electrons. The zero-order valence-corrected chi connectivity index (χ0v) is 9.32. The van der Waals surface area contributed by atoms with Crippen molar-refractivity contribution in [1.29, 1.82) is 0 Å². The van der Waals surface area contributed by atoms with Crippen LogP contribution in [0.1, 0.15) is 19.8 Å². The summed E-state index contributed by atoms with van der Waals surface area (Å²) in [5, 5.41) is 11.2. The van der Waals surface area contributed by atoms with Crippen molar-refractivity contribution in [3.05, 3.63) is 0 Å². The lowest BCUT2D eigenvalue weighted by Gasteiger charge is -2.22. The quantitative estimate of drug-likeness (QED) is 0.770. The molecule has 0 spiro atoms. The predicted molar refractivity (Wildman–Crippen MR) is 55.1 cm³/mol. The van der Waals surface area contributed by atoms with E-state index < -0.39 is 17.3 Å². The highest BCUT2D eigenvalue weighted by molar-refractivity contribution is 8.01. The molecule has 6 heteroatoms. The molecule has 1 rings (SSSR count). The molecule has 2 N–H and O–H groups in total. The van der Waals surface area contributed by atoms with Crippen molar-refractivity contribution in [3.63, 3.8) is 0 Å². The second-order valence-corrected chi connectivity index (χ2v) is 5.39. The number of carbonyl (C=O) groups excluding carboxylic acids is 1. The minimum absolute atomic E-state index is 0.260. The standard InChI is InChI=1S/C9H15F2NO2S/c1-9(3-2-4-15-9)8(14)12-5-6(13)7(10)11/h6-7,13H,2-5H2,1H3,(H,12,14). The first-order chi connectivity index (χ1) is 6.96. The zero-order chi connectivity index (χ0) is 11.5. The lowest BCUT2D eigenvalue weighted by Crippen LogP contribution is -2.44. The topological polar surface area (TPSA) is 49.3 Å². The highest BCUT2D eigenvalue weighted by Gasteiger charge is 2.37. The molecular weight excluding hydrogens is 224 g/mol. The molecule has 1 amide bonds. The van der Waals surface area contributed by atoms with Crippen LogP contribution in [0, 0.1) is 0 Å². The number of nitrogens with one attached hydrogen (secondary N) is 1. The number of aliphatic hydroxyl groups excluding tert-OH is 1. The minimum Gasteiger partial charge on any atom is -0.385 e. The van der Waals surface area contributed by atoms with E-state index in [1.54, 1.807) is 6.92 Å². The first-order valence-electron chi connectivity index (χ1n) is 4.84. The van der Waals surface area contributed by atoms with Crippen molar-refractivity contribution in [2.24, 2.45) is 0 Å². The van der Waals surface area contributed by atoms with E-state index >= 15 is 0 Å². The Bertz CT molecular complexity index is 232. The van der Waals surface area contributed by atoms with Gasteiger partial charge in [0.2, 0.25) is 5.91 Å². The van der Waals surface area contributed by atoms with Gasteiger partial charge < -0.3 is 10.4 Å². The van der Waals surface area contributed by atoms with Gasteiger partial charge in [-0.15, -0.1) is 11.8 Å². The fourth-order valence-corrected chi connectivity index (χ4v) is 2.66. The molecule has 2 unspecified atom stereocenters. The molecule has 88 valence electrons. The van der Waals surface area contributed by atoms with Crippen LogP contribution in [0.15, 0.2) is 0 Å². The summed E-state index contributed by atoms with van der Waals surface area (Å²) in [6, 6.07) is 0. The molecular formula is C9H15F2NO2S. The molecule has 0 aliphatic carbocycles. The number of aliphatic hydroxyl groups is 1. The molecule has 1 heterocycles. The second kappa shape index (κ2) is 5.12. The summed E-state index contributed by atoms with van der Waals surface area (Å²) < 4.78 is 23.4. The Kier molecular flexibility index (Phi) is 4.33. The van der Waals surface area contributed by atoms with Crippen LogP contribution in [0.2, 0.25) is 0 Å². The molecule has 15 heavy (non-hydrogen) atoms. The monoisotopic (exact) mass is 239 g/mol. The van der Waals surface area contributed by atoms with Gasteiger partial charge in [0.05, 0.1) is 4.75 Å². The van der Waals surface area contributed by atoms with Crippen molar-refractivity contribution in [2.45, 2.75) is 37.0 Å². The smallest absolute Gasteiger partial charge is 0.265 e. The number of amides is 1. The Morgan fingerprint density at radius 2 is 2.33 bits per heavy atom. The third-order valence-electron chi connectivity index (χ3n) is 2.46. The zero-order valence-electron chi connectivity index (χ0n) is 8.50. The molecule has 1 saturated heterocycles. The molecule has 0 aromatic carbocycles. The number of rotatable bonds is 4. The molecule has 1 fully saturated rings. The fourth-order valence-electron chi connectivity index (χ4n) is 1.43. The van der Waals surface area contributed by atoms with Crippen molar-refractivity contribution < 1.29 is 18.7 Å². The van der Waals surface area contributed by atoms with Crippen LogP contribution in [0.5, 0.6) is 0 Å².